The van der Waals surface area contributed by atoms with Crippen LogP contribution >= 0.6 is 0 Å². The van der Waals surface area contributed by atoms with Gasteiger partial charge in [-0.05, 0) is 45.7 Å². The molecule has 1 aromatic carbocycles. The van der Waals surface area contributed by atoms with Crippen molar-refractivity contribution in [3.05, 3.63) is 29.6 Å². The van der Waals surface area contributed by atoms with Crippen molar-refractivity contribution in [3.8, 4) is 5.75 Å². The Morgan fingerprint density at radius 3 is 2.56 bits per heavy atom. The third-order valence-electron chi connectivity index (χ3n) is 2.76. The van der Waals surface area contributed by atoms with Gasteiger partial charge in [0.1, 0.15) is 17.7 Å². The van der Waals surface area contributed by atoms with Crippen LogP contribution < -0.4 is 10.1 Å². The van der Waals surface area contributed by atoms with Crippen molar-refractivity contribution in [2.45, 2.75) is 52.7 Å². The van der Waals surface area contributed by atoms with Gasteiger partial charge in [-0.3, -0.25) is 0 Å². The highest BCUT2D eigenvalue weighted by atomic mass is 19.1. The average Bonchev–Trinajstić information content (AvgIpc) is 2.27. The fraction of sp³-hybridized carbons (Fsp3) is 0.600. The summed E-state index contributed by atoms with van der Waals surface area (Å²) in [5, 5.41) is 3.41. The van der Waals surface area contributed by atoms with Gasteiger partial charge in [0.2, 0.25) is 0 Å². The summed E-state index contributed by atoms with van der Waals surface area (Å²) in [7, 11) is 0. The van der Waals surface area contributed by atoms with Gasteiger partial charge < -0.3 is 10.1 Å². The molecule has 0 fully saturated rings. The van der Waals surface area contributed by atoms with E-state index in [4.69, 9.17) is 4.74 Å². The van der Waals surface area contributed by atoms with Crippen LogP contribution in [0.5, 0.6) is 5.75 Å². The molecular formula is C15H24FNO. The largest absolute Gasteiger partial charge is 0.489 e. The molecule has 1 aromatic rings. The second-order valence-electron chi connectivity index (χ2n) is 5.69. The molecule has 2 nitrogen and oxygen atoms in total. The quantitative estimate of drug-likeness (QED) is 0.864. The van der Waals surface area contributed by atoms with E-state index in [0.29, 0.717) is 5.75 Å². The number of hydrogen-bond donors (Lipinski definition) is 1. The maximum absolute atomic E-state index is 13.2. The summed E-state index contributed by atoms with van der Waals surface area (Å²) in [6.07, 6.45) is 0.948. The lowest BCUT2D eigenvalue weighted by atomic mass is 10.1. The molecule has 0 heterocycles. The minimum absolute atomic E-state index is 0.0599. The van der Waals surface area contributed by atoms with E-state index in [1.54, 1.807) is 6.07 Å². The molecular weight excluding hydrogens is 229 g/mol. The number of benzene rings is 1. The van der Waals surface area contributed by atoms with Crippen molar-refractivity contribution in [2.75, 3.05) is 6.54 Å². The third-order valence-corrected chi connectivity index (χ3v) is 2.76. The lowest BCUT2D eigenvalue weighted by Crippen LogP contribution is -2.42. The zero-order chi connectivity index (χ0) is 13.8. The van der Waals surface area contributed by atoms with Crippen LogP contribution in [0.2, 0.25) is 0 Å². The van der Waals surface area contributed by atoms with Crippen LogP contribution in [0.25, 0.3) is 0 Å². The first-order valence-corrected chi connectivity index (χ1v) is 6.49. The Kier molecular flexibility index (Phi) is 5.15. The van der Waals surface area contributed by atoms with Crippen molar-refractivity contribution in [1.29, 1.82) is 0 Å². The van der Waals surface area contributed by atoms with Gasteiger partial charge in [0.25, 0.3) is 0 Å². The van der Waals surface area contributed by atoms with Crippen LogP contribution in [-0.4, -0.2) is 18.2 Å². The predicted octanol–water partition coefficient (Wildman–Crippen LogP) is 3.68. The van der Waals surface area contributed by atoms with Crippen LogP contribution in [0.4, 0.5) is 4.39 Å². The van der Waals surface area contributed by atoms with Crippen molar-refractivity contribution < 1.29 is 9.13 Å². The Bertz CT molecular complexity index is 385. The number of nitrogens with one attached hydrogen (secondary N) is 1. The van der Waals surface area contributed by atoms with Crippen molar-refractivity contribution in [1.82, 2.24) is 5.32 Å². The lowest BCUT2D eigenvalue weighted by molar-refractivity contribution is 0.179. The standard InChI is InChI=1S/C15H24FNO/c1-6-13(10-17-15(3,4)5)18-14-9-12(16)8-7-11(14)2/h7-9,13,17H,6,10H2,1-5H3. The van der Waals surface area contributed by atoms with Gasteiger partial charge in [0, 0.05) is 18.2 Å². The lowest BCUT2D eigenvalue weighted by Gasteiger charge is -2.25. The fourth-order valence-electron chi connectivity index (χ4n) is 1.57. The molecule has 0 aliphatic carbocycles. The highest BCUT2D eigenvalue weighted by Gasteiger charge is 2.15. The summed E-state index contributed by atoms with van der Waals surface area (Å²) >= 11 is 0. The average molecular weight is 253 g/mol. The maximum atomic E-state index is 13.2. The Morgan fingerprint density at radius 2 is 2.00 bits per heavy atom. The highest BCUT2D eigenvalue weighted by molar-refractivity contribution is 5.32. The Morgan fingerprint density at radius 1 is 1.33 bits per heavy atom. The number of halogens is 1. The molecule has 0 aromatic heterocycles. The molecule has 1 atom stereocenters. The van der Waals surface area contributed by atoms with E-state index >= 15 is 0 Å². The summed E-state index contributed by atoms with van der Waals surface area (Å²) in [4.78, 5) is 0. The number of rotatable bonds is 5. The van der Waals surface area contributed by atoms with Gasteiger partial charge in [-0.15, -0.1) is 0 Å². The van der Waals surface area contributed by atoms with Gasteiger partial charge in [-0.25, -0.2) is 4.39 Å². The number of aryl methyl sites for hydroxylation is 1. The van der Waals surface area contributed by atoms with Gasteiger partial charge >= 0.3 is 0 Å². The van der Waals surface area contributed by atoms with Crippen molar-refractivity contribution in [2.24, 2.45) is 0 Å². The van der Waals surface area contributed by atoms with Crippen molar-refractivity contribution in [3.63, 3.8) is 0 Å². The zero-order valence-electron chi connectivity index (χ0n) is 12.0. The minimum Gasteiger partial charge on any atom is -0.489 e. The Hall–Kier alpha value is -1.09. The van der Waals surface area contributed by atoms with Gasteiger partial charge in [-0.2, -0.15) is 0 Å². The van der Waals surface area contributed by atoms with E-state index in [1.165, 1.54) is 12.1 Å². The molecule has 0 amide bonds. The van der Waals surface area contributed by atoms with Crippen molar-refractivity contribution >= 4 is 0 Å². The van der Waals surface area contributed by atoms with E-state index in [-0.39, 0.29) is 17.5 Å². The molecule has 18 heavy (non-hydrogen) atoms. The van der Waals surface area contributed by atoms with Crippen LogP contribution in [0.15, 0.2) is 18.2 Å². The predicted molar refractivity (Wildman–Crippen MR) is 73.6 cm³/mol. The second-order valence-corrected chi connectivity index (χ2v) is 5.69. The molecule has 1 N–H and O–H groups in total. The van der Waals surface area contributed by atoms with Gasteiger partial charge in [0.05, 0.1) is 0 Å². The maximum Gasteiger partial charge on any atom is 0.126 e. The molecule has 1 unspecified atom stereocenters. The van der Waals surface area contributed by atoms with Crippen LogP contribution in [0, 0.1) is 12.7 Å². The summed E-state index contributed by atoms with van der Waals surface area (Å²) in [6.45, 7) is 11.1. The van der Waals surface area contributed by atoms with Crippen LogP contribution in [0.1, 0.15) is 39.7 Å². The summed E-state index contributed by atoms with van der Waals surface area (Å²) in [6, 6.07) is 4.65. The summed E-state index contributed by atoms with van der Waals surface area (Å²) < 4.78 is 19.0. The molecule has 0 aliphatic heterocycles. The van der Waals surface area contributed by atoms with Crippen LogP contribution in [0.3, 0.4) is 0 Å². The zero-order valence-corrected chi connectivity index (χ0v) is 12.0. The van der Waals surface area contributed by atoms with E-state index in [9.17, 15) is 4.39 Å². The van der Waals surface area contributed by atoms with E-state index in [1.807, 2.05) is 6.92 Å². The fourth-order valence-corrected chi connectivity index (χ4v) is 1.57. The molecule has 1 rings (SSSR count). The second kappa shape index (κ2) is 6.19. The molecule has 0 saturated heterocycles. The Labute approximate surface area is 110 Å². The third kappa shape index (κ3) is 5.05. The molecule has 0 radical (unpaired) electrons. The SMILES string of the molecule is CCC(CNC(C)(C)C)Oc1cc(F)ccc1C. The minimum atomic E-state index is -0.255. The first-order valence-electron chi connectivity index (χ1n) is 6.49. The van der Waals surface area contributed by atoms with E-state index < -0.39 is 0 Å². The Balaban J connectivity index is 2.65. The molecule has 0 bridgehead atoms. The number of hydrogen-bond acceptors (Lipinski definition) is 2. The smallest absolute Gasteiger partial charge is 0.126 e. The summed E-state index contributed by atoms with van der Waals surface area (Å²) in [5.41, 5.74) is 1.03. The monoisotopic (exact) mass is 253 g/mol. The number of ether oxygens (including phenoxy) is 1. The highest BCUT2D eigenvalue weighted by Crippen LogP contribution is 2.20. The first kappa shape index (κ1) is 15.0. The summed E-state index contributed by atoms with van der Waals surface area (Å²) in [5.74, 6) is 0.381. The van der Waals surface area contributed by atoms with Gasteiger partial charge in [-0.1, -0.05) is 13.0 Å². The van der Waals surface area contributed by atoms with E-state index in [0.717, 1.165) is 18.5 Å². The van der Waals surface area contributed by atoms with Crippen LogP contribution in [-0.2, 0) is 0 Å². The van der Waals surface area contributed by atoms with Gasteiger partial charge in [0.15, 0.2) is 0 Å². The molecule has 0 saturated carbocycles. The molecule has 0 aliphatic rings. The normalized spacial score (nSPS) is 13.4. The topological polar surface area (TPSA) is 21.3 Å². The molecule has 0 spiro atoms. The molecule has 102 valence electrons. The van der Waals surface area contributed by atoms with E-state index in [2.05, 4.69) is 33.0 Å². The molecule has 3 heteroatoms. The first-order chi connectivity index (χ1) is 8.31.